The van der Waals surface area contributed by atoms with Crippen molar-refractivity contribution in [2.75, 3.05) is 19.7 Å². The summed E-state index contributed by atoms with van der Waals surface area (Å²) in [5.74, 6) is -0.0788. The van der Waals surface area contributed by atoms with E-state index in [-0.39, 0.29) is 28.9 Å². The van der Waals surface area contributed by atoms with E-state index < -0.39 is 19.3 Å². The maximum Gasteiger partial charge on any atom is 0.312 e. The number of nitrogens with zero attached hydrogens (tertiary/aromatic N) is 2. The minimum atomic E-state index is -3.72. The summed E-state index contributed by atoms with van der Waals surface area (Å²) in [7, 11) is -3.72. The van der Waals surface area contributed by atoms with Crippen LogP contribution in [0.2, 0.25) is 0 Å². The highest BCUT2D eigenvalue weighted by Gasteiger charge is 2.52. The van der Waals surface area contributed by atoms with E-state index in [4.69, 9.17) is 27.9 Å². The van der Waals surface area contributed by atoms with Gasteiger partial charge in [-0.1, -0.05) is 0 Å². The van der Waals surface area contributed by atoms with Crippen LogP contribution in [-0.2, 0) is 10.0 Å². The Morgan fingerprint density at radius 3 is 2.50 bits per heavy atom. The van der Waals surface area contributed by atoms with Crippen molar-refractivity contribution < 1.29 is 18.1 Å². The zero-order chi connectivity index (χ0) is 17.5. The lowest BCUT2D eigenvalue weighted by Gasteiger charge is -2.16. The van der Waals surface area contributed by atoms with Crippen molar-refractivity contribution in [2.24, 2.45) is 5.92 Å². The largest absolute Gasteiger partial charge is 0.486 e. The average molecular weight is 395 g/mol. The van der Waals surface area contributed by atoms with Gasteiger partial charge < -0.3 is 4.74 Å². The highest BCUT2D eigenvalue weighted by molar-refractivity contribution is 7.89. The van der Waals surface area contributed by atoms with Crippen LogP contribution in [0.4, 0.5) is 5.69 Å². The fraction of sp³-hybridized carbons (Fsp3) is 0.571. The van der Waals surface area contributed by atoms with E-state index in [9.17, 15) is 18.5 Å². The van der Waals surface area contributed by atoms with E-state index in [1.54, 1.807) is 0 Å². The van der Waals surface area contributed by atoms with Gasteiger partial charge in [0.05, 0.1) is 16.4 Å². The van der Waals surface area contributed by atoms with E-state index in [1.807, 2.05) is 0 Å². The van der Waals surface area contributed by atoms with Crippen LogP contribution in [0.3, 0.4) is 0 Å². The third kappa shape index (κ3) is 3.46. The Bertz CT molecular complexity index is 762. The molecule has 1 saturated heterocycles. The Morgan fingerprint density at radius 1 is 1.33 bits per heavy atom. The monoisotopic (exact) mass is 394 g/mol. The van der Waals surface area contributed by atoms with Gasteiger partial charge >= 0.3 is 5.69 Å². The SMILES string of the molecule is O=[N+]([O-])c1cc(S(=O)(=O)N2CCCC2)ccc1OC[C@H]1CC1(Cl)Cl. The first-order valence-electron chi connectivity index (χ1n) is 7.51. The molecular formula is C14H16Cl2N2O5S. The third-order valence-electron chi connectivity index (χ3n) is 4.23. The minimum Gasteiger partial charge on any atom is -0.486 e. The number of nitro benzene ring substituents is 1. The van der Waals surface area contributed by atoms with Crippen molar-refractivity contribution in [3.8, 4) is 5.75 Å². The lowest BCUT2D eigenvalue weighted by Crippen LogP contribution is -2.27. The number of nitro groups is 1. The van der Waals surface area contributed by atoms with Crippen molar-refractivity contribution in [3.05, 3.63) is 28.3 Å². The van der Waals surface area contributed by atoms with Crippen LogP contribution >= 0.6 is 23.2 Å². The number of sulfonamides is 1. The molecule has 7 nitrogen and oxygen atoms in total. The molecule has 1 atom stereocenters. The van der Waals surface area contributed by atoms with Gasteiger partial charge in [0.2, 0.25) is 10.0 Å². The van der Waals surface area contributed by atoms with Crippen LogP contribution in [-0.4, -0.2) is 41.7 Å². The standard InChI is InChI=1S/C14H16Cl2N2O5S/c15-14(16)8-10(14)9-23-13-4-3-11(7-12(13)18(19)20)24(21,22)17-5-1-2-6-17/h3-4,7,10H,1-2,5-6,8-9H2/t10-/m1/s1. The zero-order valence-corrected chi connectivity index (χ0v) is 15.0. The van der Waals surface area contributed by atoms with Crippen LogP contribution in [0.5, 0.6) is 5.75 Å². The van der Waals surface area contributed by atoms with Gasteiger partial charge in [0.1, 0.15) is 4.33 Å². The second-order valence-electron chi connectivity index (χ2n) is 5.97. The third-order valence-corrected chi connectivity index (χ3v) is 7.05. The van der Waals surface area contributed by atoms with Crippen molar-refractivity contribution in [1.29, 1.82) is 0 Å². The van der Waals surface area contributed by atoms with Crippen LogP contribution in [0.1, 0.15) is 19.3 Å². The molecule has 0 N–H and O–H groups in total. The van der Waals surface area contributed by atoms with Crippen molar-refractivity contribution in [2.45, 2.75) is 28.5 Å². The summed E-state index contributed by atoms with van der Waals surface area (Å²) in [5.41, 5.74) is -0.384. The molecule has 1 aromatic carbocycles. The second-order valence-corrected chi connectivity index (χ2v) is 9.45. The maximum absolute atomic E-state index is 12.5. The van der Waals surface area contributed by atoms with E-state index in [0.29, 0.717) is 19.5 Å². The van der Waals surface area contributed by atoms with E-state index in [0.717, 1.165) is 18.9 Å². The number of alkyl halides is 2. The molecule has 0 radical (unpaired) electrons. The summed E-state index contributed by atoms with van der Waals surface area (Å²) >= 11 is 11.8. The zero-order valence-electron chi connectivity index (χ0n) is 12.7. The number of benzene rings is 1. The molecule has 0 unspecified atom stereocenters. The first kappa shape index (κ1) is 17.7. The quantitative estimate of drug-likeness (QED) is 0.420. The van der Waals surface area contributed by atoms with E-state index in [1.165, 1.54) is 16.4 Å². The van der Waals surface area contributed by atoms with E-state index in [2.05, 4.69) is 0 Å². The predicted molar refractivity (Wildman–Crippen MR) is 89.1 cm³/mol. The normalized spacial score (nSPS) is 23.2. The van der Waals surface area contributed by atoms with E-state index >= 15 is 0 Å². The minimum absolute atomic E-state index is 0.0106. The van der Waals surface area contributed by atoms with Crippen molar-refractivity contribution in [3.63, 3.8) is 0 Å². The Kier molecular flexibility index (Phi) is 4.67. The Morgan fingerprint density at radius 2 is 1.96 bits per heavy atom. The Hall–Kier alpha value is -1.09. The molecule has 0 amide bonds. The molecule has 0 bridgehead atoms. The summed E-state index contributed by atoms with van der Waals surface area (Å²) in [6, 6.07) is 3.69. The number of rotatable bonds is 6. The second kappa shape index (κ2) is 6.33. The molecule has 2 aliphatic rings. The first-order valence-corrected chi connectivity index (χ1v) is 9.70. The van der Waals surface area contributed by atoms with Gasteiger partial charge in [0, 0.05) is 25.1 Å². The van der Waals surface area contributed by atoms with Crippen LogP contribution in [0.15, 0.2) is 23.1 Å². The van der Waals surface area contributed by atoms with Gasteiger partial charge in [0.15, 0.2) is 5.75 Å². The van der Waals surface area contributed by atoms with Crippen LogP contribution in [0, 0.1) is 16.0 Å². The van der Waals surface area contributed by atoms with Crippen LogP contribution in [0.25, 0.3) is 0 Å². The van der Waals surface area contributed by atoms with Gasteiger partial charge in [-0.3, -0.25) is 10.1 Å². The fourth-order valence-corrected chi connectivity index (χ4v) is 4.68. The maximum atomic E-state index is 12.5. The number of hydrogen-bond donors (Lipinski definition) is 0. The fourth-order valence-electron chi connectivity index (χ4n) is 2.64. The summed E-state index contributed by atoms with van der Waals surface area (Å²) < 4.78 is 31.0. The van der Waals surface area contributed by atoms with Crippen molar-refractivity contribution in [1.82, 2.24) is 4.31 Å². The topological polar surface area (TPSA) is 89.8 Å². The number of halogens is 2. The molecule has 3 rings (SSSR count). The summed E-state index contributed by atoms with van der Waals surface area (Å²) in [6.45, 7) is 1.01. The van der Waals surface area contributed by atoms with Gasteiger partial charge in [-0.2, -0.15) is 4.31 Å². The summed E-state index contributed by atoms with van der Waals surface area (Å²) in [6.07, 6.45) is 2.15. The molecular weight excluding hydrogens is 379 g/mol. The van der Waals surface area contributed by atoms with Crippen molar-refractivity contribution >= 4 is 38.9 Å². The van der Waals surface area contributed by atoms with Gasteiger partial charge in [0.25, 0.3) is 0 Å². The molecule has 0 spiro atoms. The summed E-state index contributed by atoms with van der Waals surface area (Å²) in [4.78, 5) is 10.5. The predicted octanol–water partition coefficient (Wildman–Crippen LogP) is 2.95. The molecule has 24 heavy (non-hydrogen) atoms. The highest BCUT2D eigenvalue weighted by Crippen LogP contribution is 2.53. The number of ether oxygens (including phenoxy) is 1. The highest BCUT2D eigenvalue weighted by atomic mass is 35.5. The molecule has 10 heteroatoms. The van der Waals surface area contributed by atoms with Gasteiger partial charge in [-0.15, -0.1) is 23.2 Å². The van der Waals surface area contributed by atoms with Gasteiger partial charge in [-0.25, -0.2) is 8.42 Å². The molecule has 2 fully saturated rings. The summed E-state index contributed by atoms with van der Waals surface area (Å²) in [5, 5.41) is 11.3. The van der Waals surface area contributed by atoms with Crippen LogP contribution < -0.4 is 4.74 Å². The Balaban J connectivity index is 1.83. The molecule has 1 saturated carbocycles. The molecule has 1 aliphatic heterocycles. The molecule has 132 valence electrons. The molecule has 0 aromatic heterocycles. The average Bonchev–Trinajstić information content (AvgIpc) is 2.94. The first-order chi connectivity index (χ1) is 11.2. The van der Waals surface area contributed by atoms with Gasteiger partial charge in [-0.05, 0) is 31.4 Å². The molecule has 1 heterocycles. The number of hydrogen-bond acceptors (Lipinski definition) is 5. The lowest BCUT2D eigenvalue weighted by molar-refractivity contribution is -0.386. The smallest absolute Gasteiger partial charge is 0.312 e. The Labute approximate surface area is 149 Å². The lowest BCUT2D eigenvalue weighted by atomic mass is 10.3. The molecule has 1 aliphatic carbocycles. The molecule has 1 aromatic rings.